The van der Waals surface area contributed by atoms with Gasteiger partial charge in [-0.25, -0.2) is 4.79 Å². The van der Waals surface area contributed by atoms with Crippen molar-refractivity contribution in [3.8, 4) is 0 Å². The molecule has 2 rings (SSSR count). The molecule has 0 aliphatic rings. The van der Waals surface area contributed by atoms with E-state index in [9.17, 15) is 19.7 Å². The molecule has 116 valence electrons. The van der Waals surface area contributed by atoms with E-state index in [0.29, 0.717) is 11.3 Å². The van der Waals surface area contributed by atoms with Gasteiger partial charge < -0.3 is 5.32 Å². The van der Waals surface area contributed by atoms with E-state index in [1.165, 1.54) is 16.8 Å². The van der Waals surface area contributed by atoms with E-state index < -0.39 is 10.5 Å². The molecule has 1 aromatic carbocycles. The summed E-state index contributed by atoms with van der Waals surface area (Å²) < 4.78 is 5.92. The number of hydrogen-bond acceptors (Lipinski definition) is 6. The van der Waals surface area contributed by atoms with Gasteiger partial charge in [-0.1, -0.05) is 10.7 Å². The number of amides is 1. The van der Waals surface area contributed by atoms with E-state index in [4.69, 9.17) is 0 Å². The number of nitrogens with one attached hydrogen (secondary N) is 2. The molecule has 22 heavy (non-hydrogen) atoms. The van der Waals surface area contributed by atoms with E-state index in [1.54, 1.807) is 20.0 Å². The number of nitro benzene ring substituents is 1. The number of aromatic nitrogens is 2. The molecular weight excluding hydrogens is 312 g/mol. The van der Waals surface area contributed by atoms with Crippen LogP contribution in [0, 0.1) is 17.0 Å². The fourth-order valence-corrected chi connectivity index (χ4v) is 2.40. The minimum Gasteiger partial charge on any atom is -0.325 e. The molecule has 0 aliphatic carbocycles. The van der Waals surface area contributed by atoms with E-state index in [2.05, 4.69) is 15.1 Å². The van der Waals surface area contributed by atoms with Gasteiger partial charge in [0.25, 0.3) is 5.69 Å². The fourth-order valence-electron chi connectivity index (χ4n) is 1.67. The molecule has 2 aromatic rings. The molecule has 1 heterocycles. The van der Waals surface area contributed by atoms with Gasteiger partial charge in [-0.3, -0.25) is 19.4 Å². The van der Waals surface area contributed by atoms with Gasteiger partial charge in [0.15, 0.2) is 7.05 Å². The Kier molecular flexibility index (Phi) is 4.61. The van der Waals surface area contributed by atoms with E-state index in [1.807, 2.05) is 0 Å². The second kappa shape index (κ2) is 6.43. The van der Waals surface area contributed by atoms with Gasteiger partial charge in [-0.15, -0.1) is 0 Å². The van der Waals surface area contributed by atoms with Crippen molar-refractivity contribution in [2.24, 2.45) is 7.05 Å². The highest BCUT2D eigenvalue weighted by molar-refractivity contribution is 7.99. The summed E-state index contributed by atoms with van der Waals surface area (Å²) in [5.41, 5.74) is 0.402. The normalized spacial score (nSPS) is 10.5. The van der Waals surface area contributed by atoms with Crippen LogP contribution in [0.5, 0.6) is 0 Å². The molecule has 0 fully saturated rings. The summed E-state index contributed by atoms with van der Waals surface area (Å²) in [5.74, 6) is -0.410. The average Bonchev–Trinajstić information content (AvgIpc) is 2.78. The Morgan fingerprint density at radius 3 is 2.86 bits per heavy atom. The SMILES string of the molecule is Cc1ccc([N+](=O)[O-])cc1NC(=O)CSc1c(=O)o[nH][n+]1C. The maximum Gasteiger partial charge on any atom is 0.441 e. The number of non-ortho nitro benzene ring substituents is 1. The van der Waals surface area contributed by atoms with Crippen molar-refractivity contribution in [2.75, 3.05) is 11.1 Å². The lowest BCUT2D eigenvalue weighted by atomic mass is 10.2. The Morgan fingerprint density at radius 1 is 1.55 bits per heavy atom. The molecule has 0 radical (unpaired) electrons. The predicted octanol–water partition coefficient (Wildman–Crippen LogP) is 0.740. The smallest absolute Gasteiger partial charge is 0.325 e. The van der Waals surface area contributed by atoms with Crippen LogP contribution in [0.25, 0.3) is 0 Å². The maximum absolute atomic E-state index is 11.9. The zero-order valence-electron chi connectivity index (χ0n) is 11.8. The molecule has 0 atom stereocenters. The van der Waals surface area contributed by atoms with Crippen LogP contribution in [0.3, 0.4) is 0 Å². The summed E-state index contributed by atoms with van der Waals surface area (Å²) >= 11 is 1.00. The van der Waals surface area contributed by atoms with Crippen molar-refractivity contribution in [3.63, 3.8) is 0 Å². The number of aryl methyl sites for hydroxylation is 2. The number of aromatic amines is 1. The number of nitro groups is 1. The summed E-state index contributed by atoms with van der Waals surface area (Å²) in [7, 11) is 1.58. The highest BCUT2D eigenvalue weighted by atomic mass is 32.2. The number of carbonyl (C=O) groups is 1. The lowest BCUT2D eigenvalue weighted by Crippen LogP contribution is -2.34. The Labute approximate surface area is 128 Å². The number of carbonyl (C=O) groups excluding carboxylic acids is 1. The zero-order chi connectivity index (χ0) is 16.3. The van der Waals surface area contributed by atoms with Crippen LogP contribution in [-0.4, -0.2) is 21.9 Å². The first-order valence-corrected chi connectivity index (χ1v) is 7.12. The second-order valence-corrected chi connectivity index (χ2v) is 5.40. The minimum atomic E-state index is -0.563. The van der Waals surface area contributed by atoms with Gasteiger partial charge in [-0.05, 0) is 29.5 Å². The lowest BCUT2D eigenvalue weighted by Gasteiger charge is -2.07. The molecule has 0 saturated carbocycles. The van der Waals surface area contributed by atoms with Gasteiger partial charge in [0.05, 0.1) is 16.4 Å². The Hall–Kier alpha value is -2.62. The highest BCUT2D eigenvalue weighted by Gasteiger charge is 2.20. The van der Waals surface area contributed by atoms with Crippen molar-refractivity contribution in [1.29, 1.82) is 0 Å². The van der Waals surface area contributed by atoms with Crippen LogP contribution in [0.15, 0.2) is 32.5 Å². The molecule has 0 aliphatic heterocycles. The van der Waals surface area contributed by atoms with Gasteiger partial charge in [-0.2, -0.15) is 0 Å². The Balaban J connectivity index is 2.05. The van der Waals surface area contributed by atoms with Crippen LogP contribution < -0.4 is 15.6 Å². The predicted molar refractivity (Wildman–Crippen MR) is 77.7 cm³/mol. The summed E-state index contributed by atoms with van der Waals surface area (Å²) in [5, 5.41) is 15.9. The van der Waals surface area contributed by atoms with Crippen molar-refractivity contribution >= 4 is 29.0 Å². The molecule has 9 nitrogen and oxygen atoms in total. The van der Waals surface area contributed by atoms with Crippen LogP contribution in [0.4, 0.5) is 11.4 Å². The molecule has 2 N–H and O–H groups in total. The monoisotopic (exact) mass is 325 g/mol. The number of nitrogens with zero attached hydrogens (tertiary/aromatic N) is 2. The summed E-state index contributed by atoms with van der Waals surface area (Å²) in [6, 6.07) is 4.22. The van der Waals surface area contributed by atoms with Gasteiger partial charge >= 0.3 is 10.7 Å². The van der Waals surface area contributed by atoms with E-state index in [-0.39, 0.29) is 22.4 Å². The largest absolute Gasteiger partial charge is 0.441 e. The molecule has 0 bridgehead atoms. The third kappa shape index (κ3) is 3.52. The first-order chi connectivity index (χ1) is 10.4. The summed E-state index contributed by atoms with van der Waals surface area (Å²) in [6.07, 6.45) is 0. The quantitative estimate of drug-likeness (QED) is 0.362. The molecule has 1 amide bonds. The average molecular weight is 325 g/mol. The molecule has 0 spiro atoms. The molecule has 0 saturated heterocycles. The number of benzene rings is 1. The standard InChI is InChI=1S/C12H12N4O5S/c1-7-3-4-8(16(19)20)5-9(7)13-10(17)6-22-11-12(18)21-14-15(11)2/h3-5H,6H2,1-2H3,(H-,13,14,17,18)/p+1. The molecular formula is C12H13N4O5S+. The zero-order valence-corrected chi connectivity index (χ0v) is 12.6. The highest BCUT2D eigenvalue weighted by Crippen LogP contribution is 2.22. The van der Waals surface area contributed by atoms with Crippen LogP contribution >= 0.6 is 11.8 Å². The first-order valence-electron chi connectivity index (χ1n) is 6.13. The van der Waals surface area contributed by atoms with E-state index in [0.717, 1.165) is 11.8 Å². The number of anilines is 1. The first kappa shape index (κ1) is 15.8. The summed E-state index contributed by atoms with van der Waals surface area (Å²) in [6.45, 7) is 1.73. The number of H-pyrrole nitrogens is 1. The van der Waals surface area contributed by atoms with Crippen LogP contribution in [0.1, 0.15) is 5.56 Å². The topological polar surface area (TPSA) is 122 Å². The Bertz CT molecular complexity index is 782. The van der Waals surface area contributed by atoms with Crippen LogP contribution in [0.2, 0.25) is 0 Å². The number of thioether (sulfide) groups is 1. The molecule has 10 heteroatoms. The summed E-state index contributed by atoms with van der Waals surface area (Å²) in [4.78, 5) is 33.5. The van der Waals surface area contributed by atoms with Gasteiger partial charge in [0.1, 0.15) is 0 Å². The lowest BCUT2D eigenvalue weighted by molar-refractivity contribution is -0.772. The van der Waals surface area contributed by atoms with Crippen molar-refractivity contribution in [1.82, 2.24) is 5.27 Å². The van der Waals surface area contributed by atoms with Crippen LogP contribution in [-0.2, 0) is 11.8 Å². The second-order valence-electron chi connectivity index (χ2n) is 4.44. The molecule has 0 unspecified atom stereocenters. The number of rotatable bonds is 5. The van der Waals surface area contributed by atoms with Gasteiger partial charge in [0, 0.05) is 12.1 Å². The third-order valence-electron chi connectivity index (χ3n) is 2.80. The fraction of sp³-hybridized carbons (Fsp3) is 0.250. The van der Waals surface area contributed by atoms with Gasteiger partial charge in [0.2, 0.25) is 5.91 Å². The van der Waals surface area contributed by atoms with E-state index >= 15 is 0 Å². The van der Waals surface area contributed by atoms with Crippen molar-refractivity contribution in [3.05, 3.63) is 44.3 Å². The van der Waals surface area contributed by atoms with Crippen molar-refractivity contribution < 1.29 is 18.9 Å². The van der Waals surface area contributed by atoms with Crippen molar-refractivity contribution in [2.45, 2.75) is 11.9 Å². The maximum atomic E-state index is 11.9. The molecule has 1 aromatic heterocycles. The Morgan fingerprint density at radius 2 is 2.27 bits per heavy atom. The minimum absolute atomic E-state index is 0.0292. The number of hydrogen-bond donors (Lipinski definition) is 2. The third-order valence-corrected chi connectivity index (χ3v) is 3.92.